The smallest absolute Gasteiger partial charge is 0.309 e. The first-order chi connectivity index (χ1) is 10.7. The first-order valence-corrected chi connectivity index (χ1v) is 7.31. The summed E-state index contributed by atoms with van der Waals surface area (Å²) in [4.78, 5) is 12.1. The van der Waals surface area contributed by atoms with E-state index >= 15 is 0 Å². The molecule has 1 heterocycles. The Kier molecular flexibility index (Phi) is 4.28. The van der Waals surface area contributed by atoms with E-state index in [1.165, 1.54) is 0 Å². The fraction of sp³-hybridized carbons (Fsp3) is 0.278. The first kappa shape index (κ1) is 14.4. The number of ether oxygens (including phenoxy) is 3. The van der Waals surface area contributed by atoms with Gasteiger partial charge in [0.1, 0.15) is 6.61 Å². The van der Waals surface area contributed by atoms with Gasteiger partial charge in [0, 0.05) is 0 Å². The molecule has 2 aromatic carbocycles. The van der Waals surface area contributed by atoms with Crippen LogP contribution in [0.5, 0.6) is 11.5 Å². The van der Waals surface area contributed by atoms with Crippen LogP contribution in [0.25, 0.3) is 0 Å². The van der Waals surface area contributed by atoms with Gasteiger partial charge in [-0.05, 0) is 29.7 Å². The molecule has 4 heteroatoms. The van der Waals surface area contributed by atoms with Crippen molar-refractivity contribution < 1.29 is 19.0 Å². The molecule has 0 radical (unpaired) electrons. The van der Waals surface area contributed by atoms with Crippen LogP contribution in [-0.2, 0) is 22.6 Å². The zero-order chi connectivity index (χ0) is 15.4. The Bertz CT molecular complexity index is 651. The standard InChI is InChI=1S/C18H18O4/c1-13(18(19)20-11-14-5-3-2-4-6-14)9-15-7-8-16-17(10-15)22-12-21-16/h2-8,10,13H,9,11-12H2,1H3. The lowest BCUT2D eigenvalue weighted by Crippen LogP contribution is -2.17. The van der Waals surface area contributed by atoms with Crippen LogP contribution in [0.2, 0.25) is 0 Å². The minimum Gasteiger partial charge on any atom is -0.461 e. The largest absolute Gasteiger partial charge is 0.461 e. The van der Waals surface area contributed by atoms with Gasteiger partial charge < -0.3 is 14.2 Å². The summed E-state index contributed by atoms with van der Waals surface area (Å²) in [6.45, 7) is 2.44. The van der Waals surface area contributed by atoms with Gasteiger partial charge in [-0.1, -0.05) is 43.3 Å². The van der Waals surface area contributed by atoms with E-state index in [1.807, 2.05) is 55.5 Å². The highest BCUT2D eigenvalue weighted by molar-refractivity contribution is 5.72. The summed E-state index contributed by atoms with van der Waals surface area (Å²) in [5, 5.41) is 0. The number of hydrogen-bond donors (Lipinski definition) is 0. The number of carbonyl (C=O) groups excluding carboxylic acids is 1. The molecule has 22 heavy (non-hydrogen) atoms. The molecule has 0 fully saturated rings. The molecular formula is C18H18O4. The third kappa shape index (κ3) is 3.39. The second-order valence-electron chi connectivity index (χ2n) is 5.39. The number of carbonyl (C=O) groups is 1. The number of fused-ring (bicyclic) bond motifs is 1. The van der Waals surface area contributed by atoms with Gasteiger partial charge in [0.15, 0.2) is 11.5 Å². The molecular weight excluding hydrogens is 280 g/mol. The van der Waals surface area contributed by atoms with Gasteiger partial charge >= 0.3 is 5.97 Å². The van der Waals surface area contributed by atoms with Gasteiger partial charge in [-0.3, -0.25) is 4.79 Å². The molecule has 2 aromatic rings. The molecule has 1 aliphatic rings. The summed E-state index contributed by atoms with van der Waals surface area (Å²) in [5.74, 6) is 1.09. The molecule has 0 aromatic heterocycles. The van der Waals surface area contributed by atoms with Crippen LogP contribution in [0, 0.1) is 5.92 Å². The predicted octanol–water partition coefficient (Wildman–Crippen LogP) is 3.34. The second kappa shape index (κ2) is 6.52. The van der Waals surface area contributed by atoms with E-state index in [-0.39, 0.29) is 18.7 Å². The summed E-state index contributed by atoms with van der Waals surface area (Å²) in [6.07, 6.45) is 0.615. The third-order valence-corrected chi connectivity index (χ3v) is 3.61. The van der Waals surface area contributed by atoms with E-state index in [2.05, 4.69) is 0 Å². The Morgan fingerprint density at radius 2 is 1.86 bits per heavy atom. The number of hydrogen-bond acceptors (Lipinski definition) is 4. The topological polar surface area (TPSA) is 44.8 Å². The Morgan fingerprint density at radius 3 is 2.68 bits per heavy atom. The van der Waals surface area contributed by atoms with E-state index in [0.717, 1.165) is 22.6 Å². The maximum Gasteiger partial charge on any atom is 0.309 e. The quantitative estimate of drug-likeness (QED) is 0.794. The predicted molar refractivity (Wildman–Crippen MR) is 81.7 cm³/mol. The number of esters is 1. The van der Waals surface area contributed by atoms with Crippen LogP contribution in [0.3, 0.4) is 0 Å². The third-order valence-electron chi connectivity index (χ3n) is 3.61. The highest BCUT2D eigenvalue weighted by Gasteiger charge is 2.18. The Hall–Kier alpha value is -2.49. The summed E-state index contributed by atoms with van der Waals surface area (Å²) < 4.78 is 16.0. The molecule has 0 aliphatic carbocycles. The van der Waals surface area contributed by atoms with Gasteiger partial charge in [0.25, 0.3) is 0 Å². The molecule has 0 bridgehead atoms. The highest BCUT2D eigenvalue weighted by atomic mass is 16.7. The second-order valence-corrected chi connectivity index (χ2v) is 5.39. The van der Waals surface area contributed by atoms with E-state index < -0.39 is 0 Å². The summed E-state index contributed by atoms with van der Waals surface area (Å²) in [7, 11) is 0. The molecule has 4 nitrogen and oxygen atoms in total. The van der Waals surface area contributed by atoms with Crippen molar-refractivity contribution in [1.82, 2.24) is 0 Å². The van der Waals surface area contributed by atoms with Crippen LogP contribution in [-0.4, -0.2) is 12.8 Å². The van der Waals surface area contributed by atoms with Crippen LogP contribution in [0.1, 0.15) is 18.1 Å². The van der Waals surface area contributed by atoms with Crippen LogP contribution >= 0.6 is 0 Å². The van der Waals surface area contributed by atoms with Crippen LogP contribution in [0.15, 0.2) is 48.5 Å². The lowest BCUT2D eigenvalue weighted by atomic mass is 10.0. The van der Waals surface area contributed by atoms with Crippen molar-refractivity contribution in [3.05, 3.63) is 59.7 Å². The normalized spacial score (nSPS) is 13.7. The van der Waals surface area contributed by atoms with Crippen molar-refractivity contribution in [2.75, 3.05) is 6.79 Å². The van der Waals surface area contributed by atoms with Gasteiger partial charge in [0.05, 0.1) is 5.92 Å². The van der Waals surface area contributed by atoms with Crippen LogP contribution in [0.4, 0.5) is 0 Å². The molecule has 0 saturated carbocycles. The van der Waals surface area contributed by atoms with Gasteiger partial charge in [-0.15, -0.1) is 0 Å². The van der Waals surface area contributed by atoms with Gasteiger partial charge in [-0.25, -0.2) is 0 Å². The molecule has 0 spiro atoms. The Balaban J connectivity index is 1.55. The zero-order valence-electron chi connectivity index (χ0n) is 12.5. The fourth-order valence-corrected chi connectivity index (χ4v) is 2.38. The van der Waals surface area contributed by atoms with Crippen LogP contribution < -0.4 is 9.47 Å². The van der Waals surface area contributed by atoms with Crippen molar-refractivity contribution >= 4 is 5.97 Å². The molecule has 1 atom stereocenters. The maximum atomic E-state index is 12.1. The number of benzene rings is 2. The fourth-order valence-electron chi connectivity index (χ4n) is 2.38. The Morgan fingerprint density at radius 1 is 1.09 bits per heavy atom. The minimum atomic E-state index is -0.205. The van der Waals surface area contributed by atoms with Gasteiger partial charge in [-0.2, -0.15) is 0 Å². The van der Waals surface area contributed by atoms with Crippen molar-refractivity contribution in [3.63, 3.8) is 0 Å². The molecule has 1 unspecified atom stereocenters. The van der Waals surface area contributed by atoms with Crippen molar-refractivity contribution in [3.8, 4) is 11.5 Å². The SMILES string of the molecule is CC(Cc1ccc2c(c1)OCO2)C(=O)OCc1ccccc1. The average Bonchev–Trinajstić information content (AvgIpc) is 3.01. The zero-order valence-corrected chi connectivity index (χ0v) is 12.5. The molecule has 1 aliphatic heterocycles. The van der Waals surface area contributed by atoms with Gasteiger partial charge in [0.2, 0.25) is 6.79 Å². The van der Waals surface area contributed by atoms with Crippen molar-refractivity contribution in [1.29, 1.82) is 0 Å². The Labute approximate surface area is 129 Å². The molecule has 0 saturated heterocycles. The van der Waals surface area contributed by atoms with E-state index in [9.17, 15) is 4.79 Å². The van der Waals surface area contributed by atoms with E-state index in [0.29, 0.717) is 13.0 Å². The molecule has 0 N–H and O–H groups in total. The summed E-state index contributed by atoms with van der Waals surface area (Å²) in [6, 6.07) is 15.4. The number of rotatable bonds is 5. The minimum absolute atomic E-state index is 0.193. The molecule has 0 amide bonds. The maximum absolute atomic E-state index is 12.1. The average molecular weight is 298 g/mol. The first-order valence-electron chi connectivity index (χ1n) is 7.31. The highest BCUT2D eigenvalue weighted by Crippen LogP contribution is 2.33. The van der Waals surface area contributed by atoms with E-state index in [4.69, 9.17) is 14.2 Å². The molecule has 114 valence electrons. The lowest BCUT2D eigenvalue weighted by Gasteiger charge is -2.12. The molecule has 3 rings (SSSR count). The van der Waals surface area contributed by atoms with Crippen molar-refractivity contribution in [2.24, 2.45) is 5.92 Å². The lowest BCUT2D eigenvalue weighted by molar-refractivity contribution is -0.149. The summed E-state index contributed by atoms with van der Waals surface area (Å²) >= 11 is 0. The van der Waals surface area contributed by atoms with E-state index in [1.54, 1.807) is 0 Å². The monoisotopic (exact) mass is 298 g/mol. The van der Waals surface area contributed by atoms with Crippen molar-refractivity contribution in [2.45, 2.75) is 20.0 Å². The summed E-state index contributed by atoms with van der Waals surface area (Å²) in [5.41, 5.74) is 2.03.